The van der Waals surface area contributed by atoms with Crippen molar-refractivity contribution in [3.05, 3.63) is 18.7 Å². The molecule has 0 aliphatic rings. The largest absolute Gasteiger partial charge is 0.368 e. The maximum atomic E-state index is 5.77. The van der Waals surface area contributed by atoms with E-state index in [0.29, 0.717) is 17.8 Å². The summed E-state index contributed by atoms with van der Waals surface area (Å²) >= 11 is 0. The summed E-state index contributed by atoms with van der Waals surface area (Å²) < 4.78 is 1.69. The van der Waals surface area contributed by atoms with Crippen molar-refractivity contribution >= 4 is 11.9 Å². The zero-order chi connectivity index (χ0) is 15.4. The third-order valence-corrected chi connectivity index (χ3v) is 3.06. The van der Waals surface area contributed by atoms with Gasteiger partial charge in [0, 0.05) is 25.0 Å². The van der Waals surface area contributed by atoms with Gasteiger partial charge in [-0.05, 0) is 20.0 Å². The van der Waals surface area contributed by atoms with Crippen LogP contribution in [0, 0.1) is 5.92 Å². The summed E-state index contributed by atoms with van der Waals surface area (Å²) in [5.41, 5.74) is 5.77. The van der Waals surface area contributed by atoms with Gasteiger partial charge in [-0.1, -0.05) is 13.8 Å². The summed E-state index contributed by atoms with van der Waals surface area (Å²) in [5, 5.41) is 3.34. The molecule has 0 fully saturated rings. The molecule has 2 aromatic rings. The first kappa shape index (κ1) is 15.2. The van der Waals surface area contributed by atoms with Crippen LogP contribution in [-0.4, -0.2) is 56.1 Å². The van der Waals surface area contributed by atoms with Crippen LogP contribution in [0.1, 0.15) is 13.8 Å². The van der Waals surface area contributed by atoms with Gasteiger partial charge in [-0.25, -0.2) is 4.98 Å². The second-order valence-corrected chi connectivity index (χ2v) is 5.54. The van der Waals surface area contributed by atoms with Crippen molar-refractivity contribution in [2.45, 2.75) is 19.9 Å². The standard InChI is InChI=1S/C13H22N8/c1-9(2)10(7-20(3)4)16-12-17-11(14)18-13(19-12)21-6-5-15-8-21/h5-6,8-10H,7H2,1-4H3,(H3,14,16,17,18,19). The van der Waals surface area contributed by atoms with Gasteiger partial charge in [-0.2, -0.15) is 15.0 Å². The summed E-state index contributed by atoms with van der Waals surface area (Å²) in [4.78, 5) is 18.8. The van der Waals surface area contributed by atoms with Crippen molar-refractivity contribution in [2.75, 3.05) is 31.7 Å². The number of nitrogens with one attached hydrogen (secondary N) is 1. The van der Waals surface area contributed by atoms with E-state index in [1.807, 2.05) is 14.1 Å². The first-order valence-electron chi connectivity index (χ1n) is 6.87. The number of hydrogen-bond donors (Lipinski definition) is 2. The number of nitrogen functional groups attached to an aromatic ring is 1. The summed E-state index contributed by atoms with van der Waals surface area (Å²) in [7, 11) is 4.07. The van der Waals surface area contributed by atoms with Crippen LogP contribution in [0.2, 0.25) is 0 Å². The Kier molecular flexibility index (Phi) is 4.69. The van der Waals surface area contributed by atoms with E-state index in [1.54, 1.807) is 23.3 Å². The molecular weight excluding hydrogens is 268 g/mol. The van der Waals surface area contributed by atoms with Crippen LogP contribution in [0.3, 0.4) is 0 Å². The Morgan fingerprint density at radius 1 is 1.29 bits per heavy atom. The highest BCUT2D eigenvalue weighted by Gasteiger charge is 2.16. The van der Waals surface area contributed by atoms with Gasteiger partial charge >= 0.3 is 0 Å². The van der Waals surface area contributed by atoms with E-state index < -0.39 is 0 Å². The smallest absolute Gasteiger partial charge is 0.241 e. The molecule has 0 spiro atoms. The fraction of sp³-hybridized carbons (Fsp3) is 0.538. The highest BCUT2D eigenvalue weighted by molar-refractivity contribution is 5.36. The molecule has 0 amide bonds. The molecule has 0 radical (unpaired) electrons. The summed E-state index contributed by atoms with van der Waals surface area (Å²) in [6, 6.07) is 0.220. The van der Waals surface area contributed by atoms with Gasteiger partial charge in [-0.3, -0.25) is 4.57 Å². The first-order chi connectivity index (χ1) is 9.95. The highest BCUT2D eigenvalue weighted by Crippen LogP contribution is 2.12. The number of aromatic nitrogens is 5. The average molecular weight is 290 g/mol. The molecule has 114 valence electrons. The van der Waals surface area contributed by atoms with Gasteiger partial charge in [0.05, 0.1) is 0 Å². The number of likely N-dealkylation sites (N-methyl/N-ethyl adjacent to an activating group) is 1. The number of anilines is 2. The Morgan fingerprint density at radius 3 is 2.62 bits per heavy atom. The summed E-state index contributed by atoms with van der Waals surface area (Å²) in [6.45, 7) is 5.19. The molecule has 1 atom stereocenters. The van der Waals surface area contributed by atoms with Crippen LogP contribution in [-0.2, 0) is 0 Å². The van der Waals surface area contributed by atoms with Crippen LogP contribution >= 0.6 is 0 Å². The molecule has 1 unspecified atom stereocenters. The quantitative estimate of drug-likeness (QED) is 0.805. The minimum absolute atomic E-state index is 0.184. The van der Waals surface area contributed by atoms with Crippen molar-refractivity contribution in [1.82, 2.24) is 29.4 Å². The molecule has 8 nitrogen and oxygen atoms in total. The molecule has 0 saturated carbocycles. The molecule has 21 heavy (non-hydrogen) atoms. The Morgan fingerprint density at radius 2 is 2.05 bits per heavy atom. The van der Waals surface area contributed by atoms with Crippen LogP contribution in [0.15, 0.2) is 18.7 Å². The molecule has 2 rings (SSSR count). The maximum absolute atomic E-state index is 5.77. The van der Waals surface area contributed by atoms with Gasteiger partial charge in [0.25, 0.3) is 0 Å². The Hall–Kier alpha value is -2.22. The van der Waals surface area contributed by atoms with Gasteiger partial charge < -0.3 is 16.0 Å². The predicted molar refractivity (Wildman–Crippen MR) is 82.2 cm³/mol. The molecule has 2 heterocycles. The van der Waals surface area contributed by atoms with E-state index in [1.165, 1.54) is 0 Å². The molecule has 8 heteroatoms. The Bertz CT molecular complexity index is 564. The molecule has 2 aromatic heterocycles. The molecular formula is C13H22N8. The molecule has 0 saturated heterocycles. The van der Waals surface area contributed by atoms with E-state index in [9.17, 15) is 0 Å². The lowest BCUT2D eigenvalue weighted by atomic mass is 10.0. The first-order valence-corrected chi connectivity index (χ1v) is 6.87. The van der Waals surface area contributed by atoms with E-state index in [4.69, 9.17) is 5.73 Å². The lowest BCUT2D eigenvalue weighted by molar-refractivity contribution is 0.343. The van der Waals surface area contributed by atoms with Gasteiger partial charge in [0.15, 0.2) is 0 Å². The third-order valence-electron chi connectivity index (χ3n) is 3.06. The van der Waals surface area contributed by atoms with Gasteiger partial charge in [-0.15, -0.1) is 0 Å². The zero-order valence-electron chi connectivity index (χ0n) is 12.9. The molecule has 3 N–H and O–H groups in total. The number of nitrogens with two attached hydrogens (primary N) is 1. The average Bonchev–Trinajstić information content (AvgIpc) is 2.90. The number of imidazole rings is 1. The normalized spacial score (nSPS) is 12.9. The fourth-order valence-corrected chi connectivity index (χ4v) is 1.92. The second kappa shape index (κ2) is 6.49. The van der Waals surface area contributed by atoms with E-state index >= 15 is 0 Å². The summed E-state index contributed by atoms with van der Waals surface area (Å²) in [6.07, 6.45) is 5.05. The second-order valence-electron chi connectivity index (χ2n) is 5.54. The van der Waals surface area contributed by atoms with Gasteiger partial charge in [0.1, 0.15) is 6.33 Å². The number of rotatable bonds is 6. The topological polar surface area (TPSA) is 97.8 Å². The summed E-state index contributed by atoms with van der Waals surface area (Å²) in [5.74, 6) is 1.55. The van der Waals surface area contributed by atoms with Crippen LogP contribution in [0.25, 0.3) is 5.95 Å². The lowest BCUT2D eigenvalue weighted by Gasteiger charge is -2.25. The van der Waals surface area contributed by atoms with Crippen LogP contribution in [0.5, 0.6) is 0 Å². The van der Waals surface area contributed by atoms with Crippen molar-refractivity contribution in [3.8, 4) is 5.95 Å². The molecule has 0 aromatic carbocycles. The van der Waals surface area contributed by atoms with Crippen molar-refractivity contribution in [1.29, 1.82) is 0 Å². The van der Waals surface area contributed by atoms with E-state index in [2.05, 4.69) is 44.0 Å². The van der Waals surface area contributed by atoms with Crippen molar-refractivity contribution < 1.29 is 0 Å². The Balaban J connectivity index is 2.23. The third kappa shape index (κ3) is 4.12. The molecule has 0 aliphatic heterocycles. The molecule has 0 aliphatic carbocycles. The van der Waals surface area contributed by atoms with Crippen molar-refractivity contribution in [2.24, 2.45) is 5.92 Å². The number of hydrogen-bond acceptors (Lipinski definition) is 7. The molecule has 0 bridgehead atoms. The minimum atomic E-state index is 0.184. The highest BCUT2D eigenvalue weighted by atomic mass is 15.3. The minimum Gasteiger partial charge on any atom is -0.368 e. The number of nitrogens with zero attached hydrogens (tertiary/aromatic N) is 6. The van der Waals surface area contributed by atoms with Crippen LogP contribution < -0.4 is 11.1 Å². The fourth-order valence-electron chi connectivity index (χ4n) is 1.92. The SMILES string of the molecule is CC(C)C(CN(C)C)Nc1nc(N)nc(-n2ccnc2)n1. The zero-order valence-corrected chi connectivity index (χ0v) is 12.9. The Labute approximate surface area is 124 Å². The predicted octanol–water partition coefficient (Wildman–Crippen LogP) is 0.638. The van der Waals surface area contributed by atoms with E-state index in [-0.39, 0.29) is 12.0 Å². The maximum Gasteiger partial charge on any atom is 0.241 e. The van der Waals surface area contributed by atoms with Crippen molar-refractivity contribution in [3.63, 3.8) is 0 Å². The van der Waals surface area contributed by atoms with Crippen LogP contribution in [0.4, 0.5) is 11.9 Å². The van der Waals surface area contributed by atoms with E-state index in [0.717, 1.165) is 6.54 Å². The monoisotopic (exact) mass is 290 g/mol. The lowest BCUT2D eigenvalue weighted by Crippen LogP contribution is -2.37. The van der Waals surface area contributed by atoms with Gasteiger partial charge in [0.2, 0.25) is 17.8 Å².